The van der Waals surface area contributed by atoms with Crippen LogP contribution in [0.1, 0.15) is 52.9 Å². The maximum atomic E-state index is 14.1. The second kappa shape index (κ2) is 13.4. The SMILES string of the molecule is COc1cc(C(=O)OCC[NH+]2CC[NH+]([C@H]3Cc4ccc(F)cc4Sc4ccc(C(C)C)cc43)CC2)cc(OC)c1OC. The molecule has 0 bridgehead atoms. The Labute approximate surface area is 251 Å². The molecular formula is C33H41FN2O5S+2. The number of esters is 1. The normalized spacial score (nSPS) is 19.8. The highest BCUT2D eigenvalue weighted by molar-refractivity contribution is 7.99. The van der Waals surface area contributed by atoms with E-state index in [0.29, 0.717) is 41.4 Å². The zero-order chi connectivity index (χ0) is 29.8. The van der Waals surface area contributed by atoms with E-state index in [1.807, 2.05) is 6.07 Å². The second-order valence-corrected chi connectivity index (χ2v) is 12.4. The van der Waals surface area contributed by atoms with Gasteiger partial charge < -0.3 is 28.7 Å². The molecule has 2 aliphatic heterocycles. The van der Waals surface area contributed by atoms with E-state index in [0.717, 1.165) is 44.0 Å². The summed E-state index contributed by atoms with van der Waals surface area (Å²) in [5.41, 5.74) is 4.30. The van der Waals surface area contributed by atoms with E-state index in [2.05, 4.69) is 32.0 Å². The Bertz CT molecular complexity index is 1400. The minimum Gasteiger partial charge on any atom is -0.493 e. The predicted octanol–water partition coefficient (Wildman–Crippen LogP) is 3.36. The average molecular weight is 597 g/mol. The zero-order valence-electron chi connectivity index (χ0n) is 25.1. The number of hydrogen-bond donors (Lipinski definition) is 2. The molecule has 2 N–H and O–H groups in total. The zero-order valence-corrected chi connectivity index (χ0v) is 25.9. The number of halogens is 1. The van der Waals surface area contributed by atoms with Crippen molar-refractivity contribution in [2.75, 3.05) is 60.7 Å². The summed E-state index contributed by atoms with van der Waals surface area (Å²) in [6.45, 7) is 9.58. The van der Waals surface area contributed by atoms with Crippen LogP contribution >= 0.6 is 11.8 Å². The van der Waals surface area contributed by atoms with Gasteiger partial charge in [0.05, 0.1) is 26.9 Å². The van der Waals surface area contributed by atoms with Crippen molar-refractivity contribution in [3.05, 3.63) is 76.6 Å². The molecule has 5 rings (SSSR count). The number of benzene rings is 3. The molecule has 0 unspecified atom stereocenters. The maximum Gasteiger partial charge on any atom is 0.338 e. The molecule has 3 aromatic rings. The van der Waals surface area contributed by atoms with Crippen LogP contribution in [0, 0.1) is 5.82 Å². The Morgan fingerprint density at radius 3 is 2.29 bits per heavy atom. The smallest absolute Gasteiger partial charge is 0.338 e. The molecule has 0 radical (unpaired) electrons. The molecule has 0 aliphatic carbocycles. The Hall–Kier alpha value is -3.27. The van der Waals surface area contributed by atoms with Gasteiger partial charge in [-0.25, -0.2) is 9.18 Å². The van der Waals surface area contributed by atoms with E-state index < -0.39 is 5.97 Å². The third-order valence-electron chi connectivity index (χ3n) is 8.43. The molecule has 0 aromatic heterocycles. The number of rotatable bonds is 9. The Balaban J connectivity index is 1.22. The van der Waals surface area contributed by atoms with Crippen molar-refractivity contribution in [2.24, 2.45) is 0 Å². The molecular weight excluding hydrogens is 555 g/mol. The van der Waals surface area contributed by atoms with Crippen LogP contribution in [0.25, 0.3) is 0 Å². The van der Waals surface area contributed by atoms with E-state index in [-0.39, 0.29) is 5.82 Å². The number of fused-ring (bicyclic) bond motifs is 2. The summed E-state index contributed by atoms with van der Waals surface area (Å²) in [5, 5.41) is 0. The molecule has 9 heteroatoms. The van der Waals surface area contributed by atoms with Crippen molar-refractivity contribution < 1.29 is 37.9 Å². The molecule has 42 heavy (non-hydrogen) atoms. The first-order valence-corrected chi connectivity index (χ1v) is 15.4. The van der Waals surface area contributed by atoms with Gasteiger partial charge in [-0.2, -0.15) is 0 Å². The van der Waals surface area contributed by atoms with Crippen molar-refractivity contribution >= 4 is 17.7 Å². The van der Waals surface area contributed by atoms with Crippen molar-refractivity contribution in [1.82, 2.24) is 0 Å². The topological polar surface area (TPSA) is 62.9 Å². The lowest BCUT2D eigenvalue weighted by Gasteiger charge is -2.35. The van der Waals surface area contributed by atoms with Crippen LogP contribution in [0.5, 0.6) is 17.2 Å². The van der Waals surface area contributed by atoms with E-state index in [1.54, 1.807) is 40.9 Å². The van der Waals surface area contributed by atoms with Crippen molar-refractivity contribution in [2.45, 2.75) is 42.0 Å². The fraction of sp³-hybridized carbons (Fsp3) is 0.424. The van der Waals surface area contributed by atoms with Gasteiger partial charge in [0.1, 0.15) is 51.2 Å². The second-order valence-electron chi connectivity index (χ2n) is 11.3. The molecule has 1 saturated heterocycles. The molecule has 0 saturated carbocycles. The molecule has 224 valence electrons. The van der Waals surface area contributed by atoms with Gasteiger partial charge in [-0.1, -0.05) is 37.7 Å². The molecule has 7 nitrogen and oxygen atoms in total. The van der Waals surface area contributed by atoms with Gasteiger partial charge in [0.25, 0.3) is 0 Å². The van der Waals surface area contributed by atoms with E-state index in [9.17, 15) is 9.18 Å². The van der Waals surface area contributed by atoms with Gasteiger partial charge >= 0.3 is 5.97 Å². The number of methoxy groups -OCH3 is 3. The summed E-state index contributed by atoms with van der Waals surface area (Å²) < 4.78 is 35.9. The maximum absolute atomic E-state index is 14.1. The van der Waals surface area contributed by atoms with Crippen molar-refractivity contribution in [1.29, 1.82) is 0 Å². The number of quaternary nitrogens is 2. The fourth-order valence-corrected chi connectivity index (χ4v) is 7.14. The van der Waals surface area contributed by atoms with Crippen LogP contribution in [-0.2, 0) is 11.2 Å². The fourth-order valence-electron chi connectivity index (χ4n) is 5.99. The molecule has 3 aromatic carbocycles. The summed E-state index contributed by atoms with van der Waals surface area (Å²) in [4.78, 5) is 18.1. The minimum absolute atomic E-state index is 0.185. The minimum atomic E-state index is -0.415. The number of carbonyl (C=O) groups excluding carboxylic acids is 1. The Morgan fingerprint density at radius 2 is 1.64 bits per heavy atom. The summed E-state index contributed by atoms with van der Waals surface area (Å²) in [6, 6.07) is 15.6. The average Bonchev–Trinajstić information content (AvgIpc) is 3.16. The van der Waals surface area contributed by atoms with Crippen LogP contribution in [0.3, 0.4) is 0 Å². The lowest BCUT2D eigenvalue weighted by atomic mass is 9.93. The highest BCUT2D eigenvalue weighted by Gasteiger charge is 2.35. The first-order valence-electron chi connectivity index (χ1n) is 14.6. The Morgan fingerprint density at radius 1 is 0.929 bits per heavy atom. The predicted molar refractivity (Wildman–Crippen MR) is 160 cm³/mol. The molecule has 0 amide bonds. The molecule has 1 atom stereocenters. The first-order chi connectivity index (χ1) is 20.3. The quantitative estimate of drug-likeness (QED) is 0.370. The van der Waals surface area contributed by atoms with Crippen molar-refractivity contribution in [3.63, 3.8) is 0 Å². The standard InChI is InChI=1S/C33H39FN2O5S/c1-21(2)22-7-9-30-26(16-22)27(17-23-6-8-25(34)20-31(23)42-30)36-12-10-35(11-13-36)14-15-41-33(37)24-18-28(38-3)32(40-5)29(19-24)39-4/h6-9,16,18-21,27H,10-15,17H2,1-5H3/p+2/t27-/m0/s1. The summed E-state index contributed by atoms with van der Waals surface area (Å²) in [7, 11) is 4.57. The number of hydrogen-bond acceptors (Lipinski definition) is 6. The number of ether oxygens (including phenoxy) is 4. The third-order valence-corrected chi connectivity index (χ3v) is 9.62. The van der Waals surface area contributed by atoms with Crippen LogP contribution in [0.2, 0.25) is 0 Å². The largest absolute Gasteiger partial charge is 0.493 e. The summed E-state index contributed by atoms with van der Waals surface area (Å²) >= 11 is 1.69. The monoisotopic (exact) mass is 596 g/mol. The van der Waals surface area contributed by atoms with Gasteiger partial charge in [0.2, 0.25) is 5.75 Å². The number of carbonyl (C=O) groups is 1. The highest BCUT2D eigenvalue weighted by Crippen LogP contribution is 2.41. The lowest BCUT2D eigenvalue weighted by Crippen LogP contribution is -3.28. The van der Waals surface area contributed by atoms with Gasteiger partial charge in [0.15, 0.2) is 11.5 Å². The van der Waals surface area contributed by atoms with Crippen LogP contribution in [0.4, 0.5) is 4.39 Å². The van der Waals surface area contributed by atoms with Gasteiger partial charge in [-0.15, -0.1) is 0 Å². The van der Waals surface area contributed by atoms with Gasteiger partial charge in [-0.3, -0.25) is 0 Å². The van der Waals surface area contributed by atoms with E-state index >= 15 is 0 Å². The number of nitrogens with one attached hydrogen (secondary N) is 2. The summed E-state index contributed by atoms with van der Waals surface area (Å²) in [6.07, 6.45) is 0.897. The van der Waals surface area contributed by atoms with Crippen LogP contribution < -0.4 is 24.0 Å². The summed E-state index contributed by atoms with van der Waals surface area (Å²) in [5.74, 6) is 1.12. The van der Waals surface area contributed by atoms with Crippen LogP contribution in [0.15, 0.2) is 58.3 Å². The Kier molecular flexibility index (Phi) is 9.60. The van der Waals surface area contributed by atoms with E-state index in [4.69, 9.17) is 18.9 Å². The molecule has 0 spiro atoms. The van der Waals surface area contributed by atoms with Gasteiger partial charge in [-0.05, 0) is 53.4 Å². The third kappa shape index (κ3) is 6.53. The molecule has 1 fully saturated rings. The number of piperazine rings is 1. The molecule has 2 aliphatic rings. The van der Waals surface area contributed by atoms with Gasteiger partial charge in [0, 0.05) is 21.8 Å². The van der Waals surface area contributed by atoms with Crippen LogP contribution in [-0.4, -0.2) is 66.6 Å². The van der Waals surface area contributed by atoms with Crippen molar-refractivity contribution in [3.8, 4) is 17.2 Å². The lowest BCUT2D eigenvalue weighted by molar-refractivity contribution is -1.03. The van der Waals surface area contributed by atoms with E-state index in [1.165, 1.54) is 47.8 Å². The highest BCUT2D eigenvalue weighted by atomic mass is 32.2. The molecule has 2 heterocycles. The first kappa shape index (κ1) is 30.2.